The Morgan fingerprint density at radius 3 is 2.90 bits per heavy atom. The summed E-state index contributed by atoms with van der Waals surface area (Å²) in [5, 5.41) is 6.04. The molecule has 2 aromatic carbocycles. The van der Waals surface area contributed by atoms with Gasteiger partial charge in [0.25, 0.3) is 5.91 Å². The molecular weight excluding hydrogens is 442 g/mol. The van der Waals surface area contributed by atoms with E-state index < -0.39 is 15.9 Å². The zero-order chi connectivity index (χ0) is 22.2. The maximum Gasteiger partial charge on any atom is 0.262 e. The number of sulfonamides is 1. The molecule has 2 aliphatic heterocycles. The van der Waals surface area contributed by atoms with Crippen molar-refractivity contribution in [3.05, 3.63) is 47.0 Å². The minimum absolute atomic E-state index is 0.0452. The summed E-state index contributed by atoms with van der Waals surface area (Å²) in [5.74, 6) is -0.640. The van der Waals surface area contributed by atoms with E-state index in [-0.39, 0.29) is 29.9 Å². The van der Waals surface area contributed by atoms with Crippen LogP contribution in [0.15, 0.2) is 41.3 Å². The Morgan fingerprint density at radius 1 is 1.29 bits per heavy atom. The molecule has 0 aromatic heterocycles. The zero-order valence-corrected chi connectivity index (χ0v) is 18.4. The highest BCUT2D eigenvalue weighted by molar-refractivity contribution is 7.89. The van der Waals surface area contributed by atoms with Gasteiger partial charge in [0.2, 0.25) is 15.9 Å². The fraction of sp³-hybridized carbons (Fsp3) is 0.333. The van der Waals surface area contributed by atoms with Gasteiger partial charge in [0, 0.05) is 23.8 Å². The second kappa shape index (κ2) is 8.49. The molecule has 4 rings (SSSR count). The molecule has 0 unspecified atom stereocenters. The molecular formula is C21H22ClN3O5S. The zero-order valence-electron chi connectivity index (χ0n) is 16.9. The third-order valence-corrected chi connectivity index (χ3v) is 7.77. The van der Waals surface area contributed by atoms with Gasteiger partial charge in [-0.05, 0) is 55.7 Å². The molecule has 1 saturated heterocycles. The lowest BCUT2D eigenvalue weighted by atomic mass is 9.98. The normalized spacial score (nSPS) is 19.2. The standard InChI is InChI=1S/C21H22ClN3O5S/c1-13-16(22)5-2-6-17(13)24-21(27)14-4-3-9-25(11-14)31(28,29)15-7-8-19-18(10-15)23-20(26)12-30-19/h2,5-8,10,14H,3-4,9,11-12H2,1H3,(H,23,26)(H,24,27)/t14-/m1/s1. The van der Waals surface area contributed by atoms with Crippen molar-refractivity contribution in [2.24, 2.45) is 5.92 Å². The lowest BCUT2D eigenvalue weighted by Gasteiger charge is -2.31. The largest absolute Gasteiger partial charge is 0.482 e. The number of hydrogen-bond donors (Lipinski definition) is 2. The van der Waals surface area contributed by atoms with Crippen molar-refractivity contribution in [3.8, 4) is 5.75 Å². The Morgan fingerprint density at radius 2 is 2.10 bits per heavy atom. The van der Waals surface area contributed by atoms with Crippen molar-refractivity contribution in [3.63, 3.8) is 0 Å². The van der Waals surface area contributed by atoms with E-state index in [4.69, 9.17) is 16.3 Å². The van der Waals surface area contributed by atoms with Crippen LogP contribution in [-0.2, 0) is 19.6 Å². The Labute approximate surface area is 185 Å². The van der Waals surface area contributed by atoms with E-state index in [9.17, 15) is 18.0 Å². The minimum atomic E-state index is -3.84. The third-order valence-electron chi connectivity index (χ3n) is 5.50. The molecule has 1 atom stereocenters. The van der Waals surface area contributed by atoms with Crippen LogP contribution in [0.1, 0.15) is 18.4 Å². The molecule has 1 fully saturated rings. The predicted octanol–water partition coefficient (Wildman–Crippen LogP) is 3.02. The van der Waals surface area contributed by atoms with E-state index in [1.807, 2.05) is 6.92 Å². The van der Waals surface area contributed by atoms with Crippen LogP contribution in [0.3, 0.4) is 0 Å². The molecule has 31 heavy (non-hydrogen) atoms. The number of nitrogens with one attached hydrogen (secondary N) is 2. The molecule has 2 aliphatic rings. The maximum absolute atomic E-state index is 13.2. The van der Waals surface area contributed by atoms with Gasteiger partial charge in [0.15, 0.2) is 6.61 Å². The SMILES string of the molecule is Cc1c(Cl)cccc1NC(=O)[C@@H]1CCCN(S(=O)(=O)c2ccc3c(c2)NC(=O)CO3)C1. The highest BCUT2D eigenvalue weighted by Crippen LogP contribution is 2.33. The summed E-state index contributed by atoms with van der Waals surface area (Å²) in [6.07, 6.45) is 1.15. The molecule has 0 aliphatic carbocycles. The van der Waals surface area contributed by atoms with Crippen molar-refractivity contribution in [2.45, 2.75) is 24.7 Å². The van der Waals surface area contributed by atoms with Crippen molar-refractivity contribution >= 4 is 44.8 Å². The number of piperidine rings is 1. The number of carbonyl (C=O) groups excluding carboxylic acids is 2. The molecule has 0 radical (unpaired) electrons. The first-order valence-corrected chi connectivity index (χ1v) is 11.7. The number of hydrogen-bond acceptors (Lipinski definition) is 5. The average Bonchev–Trinajstić information content (AvgIpc) is 2.76. The average molecular weight is 464 g/mol. The van der Waals surface area contributed by atoms with Gasteiger partial charge in [0.1, 0.15) is 5.75 Å². The number of fused-ring (bicyclic) bond motifs is 1. The van der Waals surface area contributed by atoms with E-state index in [1.54, 1.807) is 18.2 Å². The Hall–Kier alpha value is -2.62. The quantitative estimate of drug-likeness (QED) is 0.725. The van der Waals surface area contributed by atoms with Crippen LogP contribution in [0.25, 0.3) is 0 Å². The summed E-state index contributed by atoms with van der Waals surface area (Å²) in [6, 6.07) is 9.62. The molecule has 2 N–H and O–H groups in total. The fourth-order valence-corrected chi connectivity index (χ4v) is 5.45. The molecule has 10 heteroatoms. The van der Waals surface area contributed by atoms with Gasteiger partial charge in [-0.25, -0.2) is 8.42 Å². The molecule has 8 nitrogen and oxygen atoms in total. The number of rotatable bonds is 4. The second-order valence-electron chi connectivity index (χ2n) is 7.60. The number of benzene rings is 2. The summed E-state index contributed by atoms with van der Waals surface area (Å²) in [7, 11) is -3.84. The number of amides is 2. The Kier molecular flexibility index (Phi) is 5.92. The smallest absolute Gasteiger partial charge is 0.262 e. The van der Waals surface area contributed by atoms with Gasteiger partial charge in [-0.1, -0.05) is 17.7 Å². The predicted molar refractivity (Wildman–Crippen MR) is 117 cm³/mol. The second-order valence-corrected chi connectivity index (χ2v) is 9.94. The van der Waals surface area contributed by atoms with E-state index in [0.717, 1.165) is 5.56 Å². The molecule has 2 amide bonds. The summed E-state index contributed by atoms with van der Waals surface area (Å²) >= 11 is 6.12. The van der Waals surface area contributed by atoms with Crippen molar-refractivity contribution in [1.82, 2.24) is 4.31 Å². The molecule has 0 bridgehead atoms. The van der Waals surface area contributed by atoms with Crippen LogP contribution in [-0.4, -0.2) is 44.2 Å². The van der Waals surface area contributed by atoms with Gasteiger partial charge in [-0.15, -0.1) is 0 Å². The molecule has 2 aromatic rings. The molecule has 0 spiro atoms. The van der Waals surface area contributed by atoms with Crippen LogP contribution in [0.5, 0.6) is 5.75 Å². The van der Waals surface area contributed by atoms with Crippen molar-refractivity contribution in [2.75, 3.05) is 30.3 Å². The van der Waals surface area contributed by atoms with Gasteiger partial charge in [-0.3, -0.25) is 9.59 Å². The van der Waals surface area contributed by atoms with Crippen LogP contribution < -0.4 is 15.4 Å². The summed E-state index contributed by atoms with van der Waals surface area (Å²) < 4.78 is 33.0. The highest BCUT2D eigenvalue weighted by Gasteiger charge is 2.34. The number of nitrogens with zero attached hydrogens (tertiary/aromatic N) is 1. The van der Waals surface area contributed by atoms with Crippen LogP contribution in [0.2, 0.25) is 5.02 Å². The van der Waals surface area contributed by atoms with Crippen LogP contribution in [0, 0.1) is 12.8 Å². The monoisotopic (exact) mass is 463 g/mol. The van der Waals surface area contributed by atoms with E-state index in [0.29, 0.717) is 41.5 Å². The Bertz CT molecular complexity index is 1150. The lowest BCUT2D eigenvalue weighted by molar-refractivity contribution is -0.121. The number of ether oxygens (including phenoxy) is 1. The molecule has 2 heterocycles. The van der Waals surface area contributed by atoms with Crippen LogP contribution >= 0.6 is 11.6 Å². The van der Waals surface area contributed by atoms with Crippen LogP contribution in [0.4, 0.5) is 11.4 Å². The number of carbonyl (C=O) groups is 2. The highest BCUT2D eigenvalue weighted by atomic mass is 35.5. The van der Waals surface area contributed by atoms with Gasteiger partial charge in [-0.2, -0.15) is 4.31 Å². The first kappa shape index (κ1) is 21.6. The summed E-state index contributed by atoms with van der Waals surface area (Å²) in [4.78, 5) is 24.4. The first-order valence-electron chi connectivity index (χ1n) is 9.88. The van der Waals surface area contributed by atoms with E-state index in [1.165, 1.54) is 22.5 Å². The molecule has 0 saturated carbocycles. The minimum Gasteiger partial charge on any atom is -0.482 e. The fourth-order valence-electron chi connectivity index (χ4n) is 3.72. The summed E-state index contributed by atoms with van der Waals surface area (Å²) in [6.45, 7) is 2.11. The van der Waals surface area contributed by atoms with Gasteiger partial charge >= 0.3 is 0 Å². The number of anilines is 2. The topological polar surface area (TPSA) is 105 Å². The van der Waals surface area contributed by atoms with E-state index in [2.05, 4.69) is 10.6 Å². The summed E-state index contributed by atoms with van der Waals surface area (Å²) in [5.41, 5.74) is 1.69. The van der Waals surface area contributed by atoms with Crippen molar-refractivity contribution in [1.29, 1.82) is 0 Å². The first-order chi connectivity index (χ1) is 14.8. The van der Waals surface area contributed by atoms with Crippen molar-refractivity contribution < 1.29 is 22.7 Å². The maximum atomic E-state index is 13.2. The van der Waals surface area contributed by atoms with Gasteiger partial charge < -0.3 is 15.4 Å². The molecule has 164 valence electrons. The number of halogens is 1. The van der Waals surface area contributed by atoms with E-state index >= 15 is 0 Å². The third kappa shape index (κ3) is 4.39. The Balaban J connectivity index is 1.51. The van der Waals surface area contributed by atoms with Gasteiger partial charge in [0.05, 0.1) is 16.5 Å². The lowest BCUT2D eigenvalue weighted by Crippen LogP contribution is -2.43.